The molecule has 5 heteroatoms. The van der Waals surface area contributed by atoms with Crippen LogP contribution >= 0.6 is 0 Å². The average Bonchev–Trinajstić information content (AvgIpc) is 2.53. The maximum atomic E-state index is 12.0. The van der Waals surface area contributed by atoms with Crippen molar-refractivity contribution in [3.8, 4) is 5.75 Å². The standard InChI is InChI=1S/C17H17F2NO2/c18-17(19)22-15-9-6-14(7-10-15)12-20-16(21)11-8-13-4-2-1-3-5-13/h1-7,9-10,17H,8,11-12H2,(H,20,21). The van der Waals surface area contributed by atoms with Crippen molar-refractivity contribution in [3.63, 3.8) is 0 Å². The van der Waals surface area contributed by atoms with Gasteiger partial charge in [0.25, 0.3) is 0 Å². The number of aryl methyl sites for hydroxylation is 1. The number of benzene rings is 2. The van der Waals surface area contributed by atoms with Gasteiger partial charge in [0.2, 0.25) is 5.91 Å². The van der Waals surface area contributed by atoms with Gasteiger partial charge in [-0.2, -0.15) is 8.78 Å². The van der Waals surface area contributed by atoms with Crippen molar-refractivity contribution in [2.75, 3.05) is 0 Å². The zero-order valence-electron chi connectivity index (χ0n) is 12.0. The van der Waals surface area contributed by atoms with E-state index in [-0.39, 0.29) is 11.7 Å². The number of carbonyl (C=O) groups is 1. The molecule has 0 radical (unpaired) electrons. The molecule has 0 saturated heterocycles. The van der Waals surface area contributed by atoms with E-state index in [2.05, 4.69) is 10.1 Å². The SMILES string of the molecule is O=C(CCc1ccccc1)NCc1ccc(OC(F)F)cc1. The maximum Gasteiger partial charge on any atom is 0.387 e. The second-order valence-corrected chi connectivity index (χ2v) is 4.78. The Balaban J connectivity index is 1.74. The minimum Gasteiger partial charge on any atom is -0.435 e. The number of rotatable bonds is 7. The normalized spacial score (nSPS) is 10.5. The zero-order chi connectivity index (χ0) is 15.8. The van der Waals surface area contributed by atoms with E-state index in [1.165, 1.54) is 12.1 Å². The van der Waals surface area contributed by atoms with Gasteiger partial charge in [-0.3, -0.25) is 4.79 Å². The molecule has 2 aromatic carbocycles. The highest BCUT2D eigenvalue weighted by Crippen LogP contribution is 2.14. The number of halogens is 2. The van der Waals surface area contributed by atoms with Crippen molar-refractivity contribution in [2.45, 2.75) is 26.0 Å². The molecule has 0 unspecified atom stereocenters. The van der Waals surface area contributed by atoms with E-state index in [4.69, 9.17) is 0 Å². The van der Waals surface area contributed by atoms with Crippen molar-refractivity contribution in [1.29, 1.82) is 0 Å². The van der Waals surface area contributed by atoms with Crippen LogP contribution in [0.1, 0.15) is 17.5 Å². The Kier molecular flexibility index (Phi) is 5.89. The van der Waals surface area contributed by atoms with Gasteiger partial charge in [-0.25, -0.2) is 0 Å². The summed E-state index contributed by atoms with van der Waals surface area (Å²) in [6.45, 7) is -2.47. The number of hydrogen-bond acceptors (Lipinski definition) is 2. The molecule has 0 aliphatic carbocycles. The largest absolute Gasteiger partial charge is 0.435 e. The van der Waals surface area contributed by atoms with Crippen LogP contribution in [0.15, 0.2) is 54.6 Å². The lowest BCUT2D eigenvalue weighted by molar-refractivity contribution is -0.121. The molecule has 0 aliphatic rings. The average molecular weight is 305 g/mol. The Bertz CT molecular complexity index is 585. The first kappa shape index (κ1) is 15.9. The molecule has 0 aromatic heterocycles. The van der Waals surface area contributed by atoms with Crippen LogP contribution in [0, 0.1) is 0 Å². The van der Waals surface area contributed by atoms with Gasteiger partial charge in [-0.05, 0) is 29.7 Å². The van der Waals surface area contributed by atoms with Crippen LogP contribution in [0.3, 0.4) is 0 Å². The molecule has 3 nitrogen and oxygen atoms in total. The van der Waals surface area contributed by atoms with Gasteiger partial charge in [-0.1, -0.05) is 42.5 Å². The molecule has 0 bridgehead atoms. The minimum absolute atomic E-state index is 0.0447. The maximum absolute atomic E-state index is 12.0. The fourth-order valence-electron chi connectivity index (χ4n) is 1.98. The smallest absolute Gasteiger partial charge is 0.387 e. The molecule has 116 valence electrons. The number of ether oxygens (including phenoxy) is 1. The summed E-state index contributed by atoms with van der Waals surface area (Å²) in [6, 6.07) is 16.0. The van der Waals surface area contributed by atoms with Crippen LogP contribution in [-0.2, 0) is 17.8 Å². The van der Waals surface area contributed by atoms with E-state index in [1.54, 1.807) is 12.1 Å². The predicted octanol–water partition coefficient (Wildman–Crippen LogP) is 3.54. The van der Waals surface area contributed by atoms with Crippen molar-refractivity contribution in [3.05, 3.63) is 65.7 Å². The minimum atomic E-state index is -2.83. The monoisotopic (exact) mass is 305 g/mol. The van der Waals surface area contributed by atoms with E-state index in [0.29, 0.717) is 19.4 Å². The molecule has 1 N–H and O–H groups in total. The van der Waals surface area contributed by atoms with E-state index in [0.717, 1.165) is 11.1 Å². The van der Waals surface area contributed by atoms with Gasteiger partial charge in [0.1, 0.15) is 5.75 Å². The summed E-state index contributed by atoms with van der Waals surface area (Å²) in [7, 11) is 0. The fraction of sp³-hybridized carbons (Fsp3) is 0.235. The summed E-state index contributed by atoms with van der Waals surface area (Å²) >= 11 is 0. The third-order valence-corrected chi connectivity index (χ3v) is 3.12. The Hall–Kier alpha value is -2.43. The van der Waals surface area contributed by atoms with Gasteiger partial charge in [-0.15, -0.1) is 0 Å². The van der Waals surface area contributed by atoms with Crippen LogP contribution < -0.4 is 10.1 Å². The van der Waals surface area contributed by atoms with E-state index in [1.807, 2.05) is 30.3 Å². The van der Waals surface area contributed by atoms with Crippen molar-refractivity contribution >= 4 is 5.91 Å². The molecule has 22 heavy (non-hydrogen) atoms. The molecule has 2 aromatic rings. The first-order chi connectivity index (χ1) is 10.6. The van der Waals surface area contributed by atoms with Crippen LogP contribution in [0.2, 0.25) is 0 Å². The first-order valence-corrected chi connectivity index (χ1v) is 6.98. The summed E-state index contributed by atoms with van der Waals surface area (Å²) in [6.07, 6.45) is 1.10. The Morgan fingerprint density at radius 3 is 2.32 bits per heavy atom. The van der Waals surface area contributed by atoms with Crippen molar-refractivity contribution in [1.82, 2.24) is 5.32 Å². The Morgan fingerprint density at radius 2 is 1.68 bits per heavy atom. The molecule has 1 amide bonds. The van der Waals surface area contributed by atoms with Gasteiger partial charge in [0, 0.05) is 13.0 Å². The second kappa shape index (κ2) is 8.12. The van der Waals surface area contributed by atoms with E-state index >= 15 is 0 Å². The van der Waals surface area contributed by atoms with Crippen LogP contribution in [-0.4, -0.2) is 12.5 Å². The predicted molar refractivity (Wildman–Crippen MR) is 79.7 cm³/mol. The van der Waals surface area contributed by atoms with Gasteiger partial charge in [0.05, 0.1) is 0 Å². The fourth-order valence-corrected chi connectivity index (χ4v) is 1.98. The molecule has 0 aliphatic heterocycles. The van der Waals surface area contributed by atoms with E-state index < -0.39 is 6.61 Å². The highest BCUT2D eigenvalue weighted by Gasteiger charge is 2.05. The molecule has 0 heterocycles. The van der Waals surface area contributed by atoms with Crippen LogP contribution in [0.25, 0.3) is 0 Å². The second-order valence-electron chi connectivity index (χ2n) is 4.78. The third-order valence-electron chi connectivity index (χ3n) is 3.12. The quantitative estimate of drug-likeness (QED) is 0.849. The third kappa shape index (κ3) is 5.52. The molecule has 2 rings (SSSR count). The molecule has 0 fully saturated rings. The summed E-state index contributed by atoms with van der Waals surface area (Å²) in [5, 5.41) is 2.80. The molecular formula is C17H17F2NO2. The first-order valence-electron chi connectivity index (χ1n) is 6.98. The van der Waals surface area contributed by atoms with Crippen LogP contribution in [0.5, 0.6) is 5.75 Å². The van der Waals surface area contributed by atoms with Gasteiger partial charge >= 0.3 is 6.61 Å². The van der Waals surface area contributed by atoms with Gasteiger partial charge in [0.15, 0.2) is 0 Å². The zero-order valence-corrected chi connectivity index (χ0v) is 12.0. The highest BCUT2D eigenvalue weighted by molar-refractivity contribution is 5.76. The summed E-state index contributed by atoms with van der Waals surface area (Å²) in [4.78, 5) is 11.8. The number of carbonyl (C=O) groups excluding carboxylic acids is 1. The van der Waals surface area contributed by atoms with E-state index in [9.17, 15) is 13.6 Å². The van der Waals surface area contributed by atoms with Crippen molar-refractivity contribution in [2.24, 2.45) is 0 Å². The Labute approximate surface area is 127 Å². The number of hydrogen-bond donors (Lipinski definition) is 1. The number of nitrogens with one attached hydrogen (secondary N) is 1. The molecule has 0 spiro atoms. The topological polar surface area (TPSA) is 38.3 Å². The summed E-state index contributed by atoms with van der Waals surface area (Å²) in [5.74, 6) is 0.0610. The van der Waals surface area contributed by atoms with Gasteiger partial charge < -0.3 is 10.1 Å². The molecular weight excluding hydrogens is 288 g/mol. The molecule has 0 saturated carbocycles. The van der Waals surface area contributed by atoms with Crippen molar-refractivity contribution < 1.29 is 18.3 Å². The Morgan fingerprint density at radius 1 is 1.00 bits per heavy atom. The summed E-state index contributed by atoms with van der Waals surface area (Å²) in [5.41, 5.74) is 1.95. The molecule has 0 atom stereocenters. The highest BCUT2D eigenvalue weighted by atomic mass is 19.3. The lowest BCUT2D eigenvalue weighted by Crippen LogP contribution is -2.22. The van der Waals surface area contributed by atoms with Crippen LogP contribution in [0.4, 0.5) is 8.78 Å². The lowest BCUT2D eigenvalue weighted by Gasteiger charge is -2.07. The lowest BCUT2D eigenvalue weighted by atomic mass is 10.1. The number of alkyl halides is 2. The number of amides is 1. The summed E-state index contributed by atoms with van der Waals surface area (Å²) < 4.78 is 28.3.